The Morgan fingerprint density at radius 2 is 2.19 bits per heavy atom. The van der Waals surface area contributed by atoms with Gasteiger partial charge in [-0.05, 0) is 36.6 Å². The predicted molar refractivity (Wildman–Crippen MR) is 61.6 cm³/mol. The van der Waals surface area contributed by atoms with Crippen molar-refractivity contribution in [2.75, 3.05) is 6.61 Å². The van der Waals surface area contributed by atoms with Crippen molar-refractivity contribution in [1.82, 2.24) is 0 Å². The second-order valence-electron chi connectivity index (χ2n) is 3.46. The molecule has 0 aliphatic carbocycles. The number of aryl methyl sites for hydroxylation is 1. The van der Waals surface area contributed by atoms with Gasteiger partial charge < -0.3 is 15.6 Å². The van der Waals surface area contributed by atoms with Crippen molar-refractivity contribution >= 4 is 5.97 Å². The van der Waals surface area contributed by atoms with Crippen LogP contribution in [-0.2, 0) is 11.2 Å². The second kappa shape index (κ2) is 5.51. The van der Waals surface area contributed by atoms with E-state index in [1.54, 1.807) is 12.1 Å². The highest BCUT2D eigenvalue weighted by atomic mass is 16.5. The molecule has 4 heteroatoms. The summed E-state index contributed by atoms with van der Waals surface area (Å²) in [5.41, 5.74) is 7.17. The van der Waals surface area contributed by atoms with Crippen LogP contribution in [0.2, 0.25) is 0 Å². The summed E-state index contributed by atoms with van der Waals surface area (Å²) in [6.07, 6.45) is 0.733. The minimum atomic E-state index is -1.01. The molecule has 0 aromatic heterocycles. The van der Waals surface area contributed by atoms with E-state index >= 15 is 0 Å². The SMILES string of the molecule is CCOc1ccc([C@H](N)C(=O)O)c(CC)c1. The molecule has 0 spiro atoms. The van der Waals surface area contributed by atoms with E-state index in [1.165, 1.54) is 0 Å². The van der Waals surface area contributed by atoms with Crippen LogP contribution in [0.15, 0.2) is 18.2 Å². The van der Waals surface area contributed by atoms with Crippen LogP contribution in [0.1, 0.15) is 31.0 Å². The lowest BCUT2D eigenvalue weighted by molar-refractivity contribution is -0.138. The number of aliphatic carboxylic acids is 1. The minimum Gasteiger partial charge on any atom is -0.494 e. The third-order valence-electron chi connectivity index (χ3n) is 2.41. The smallest absolute Gasteiger partial charge is 0.325 e. The summed E-state index contributed by atoms with van der Waals surface area (Å²) in [5, 5.41) is 8.87. The van der Waals surface area contributed by atoms with Gasteiger partial charge in [0.2, 0.25) is 0 Å². The van der Waals surface area contributed by atoms with Crippen LogP contribution < -0.4 is 10.5 Å². The van der Waals surface area contributed by atoms with Gasteiger partial charge in [-0.2, -0.15) is 0 Å². The van der Waals surface area contributed by atoms with Crippen molar-refractivity contribution in [2.24, 2.45) is 5.73 Å². The summed E-state index contributed by atoms with van der Waals surface area (Å²) in [4.78, 5) is 10.8. The molecule has 0 bridgehead atoms. The number of carboxylic acid groups (broad SMARTS) is 1. The first-order valence-electron chi connectivity index (χ1n) is 5.34. The van der Waals surface area contributed by atoms with E-state index in [2.05, 4.69) is 0 Å². The van der Waals surface area contributed by atoms with Crippen LogP contribution in [0.4, 0.5) is 0 Å². The Balaban J connectivity index is 3.06. The van der Waals surface area contributed by atoms with Crippen LogP contribution in [0, 0.1) is 0 Å². The molecule has 0 heterocycles. The van der Waals surface area contributed by atoms with Gasteiger partial charge in [0.15, 0.2) is 0 Å². The molecule has 1 aromatic rings. The number of rotatable bonds is 5. The second-order valence-corrected chi connectivity index (χ2v) is 3.46. The van der Waals surface area contributed by atoms with Gasteiger partial charge in [-0.1, -0.05) is 13.0 Å². The number of carbonyl (C=O) groups is 1. The van der Waals surface area contributed by atoms with Crippen molar-refractivity contribution in [3.8, 4) is 5.75 Å². The largest absolute Gasteiger partial charge is 0.494 e. The Bertz CT molecular complexity index is 377. The zero-order valence-electron chi connectivity index (χ0n) is 9.56. The van der Waals surface area contributed by atoms with Gasteiger partial charge in [0.25, 0.3) is 0 Å². The molecule has 88 valence electrons. The normalized spacial score (nSPS) is 12.2. The lowest BCUT2D eigenvalue weighted by Gasteiger charge is -2.13. The zero-order valence-corrected chi connectivity index (χ0v) is 9.56. The van der Waals surface area contributed by atoms with Crippen molar-refractivity contribution in [3.05, 3.63) is 29.3 Å². The highest BCUT2D eigenvalue weighted by Gasteiger charge is 2.17. The molecule has 0 saturated heterocycles. The monoisotopic (exact) mass is 223 g/mol. The standard InChI is InChI=1S/C12H17NO3/c1-3-8-7-9(16-4-2)5-6-10(8)11(13)12(14)15/h5-7,11H,3-4,13H2,1-2H3,(H,14,15)/t11-/m0/s1. The van der Waals surface area contributed by atoms with Gasteiger partial charge in [0.1, 0.15) is 11.8 Å². The highest BCUT2D eigenvalue weighted by Crippen LogP contribution is 2.23. The molecule has 0 fully saturated rings. The van der Waals surface area contributed by atoms with E-state index in [1.807, 2.05) is 19.9 Å². The molecular weight excluding hydrogens is 206 g/mol. The van der Waals surface area contributed by atoms with Crippen LogP contribution >= 0.6 is 0 Å². The molecule has 0 aliphatic rings. The van der Waals surface area contributed by atoms with E-state index < -0.39 is 12.0 Å². The van der Waals surface area contributed by atoms with Crippen LogP contribution in [-0.4, -0.2) is 17.7 Å². The van der Waals surface area contributed by atoms with Crippen molar-refractivity contribution in [2.45, 2.75) is 26.3 Å². The number of hydrogen-bond acceptors (Lipinski definition) is 3. The Kier molecular flexibility index (Phi) is 4.31. The van der Waals surface area contributed by atoms with Crippen LogP contribution in [0.3, 0.4) is 0 Å². The molecule has 0 radical (unpaired) electrons. The average molecular weight is 223 g/mol. The van der Waals surface area contributed by atoms with Crippen LogP contribution in [0.5, 0.6) is 5.75 Å². The summed E-state index contributed by atoms with van der Waals surface area (Å²) in [6, 6.07) is 4.36. The molecule has 1 atom stereocenters. The Hall–Kier alpha value is -1.55. The molecule has 16 heavy (non-hydrogen) atoms. The average Bonchev–Trinajstić information content (AvgIpc) is 2.28. The first-order chi connectivity index (χ1) is 7.60. The van der Waals surface area contributed by atoms with Gasteiger partial charge in [0.05, 0.1) is 6.61 Å². The molecule has 4 nitrogen and oxygen atoms in total. The maximum absolute atomic E-state index is 10.8. The fourth-order valence-corrected chi connectivity index (χ4v) is 1.58. The molecule has 0 saturated carbocycles. The number of ether oxygens (including phenoxy) is 1. The minimum absolute atomic E-state index is 0.591. The zero-order chi connectivity index (χ0) is 12.1. The fourth-order valence-electron chi connectivity index (χ4n) is 1.58. The van der Waals surface area contributed by atoms with Gasteiger partial charge >= 0.3 is 5.97 Å². The summed E-state index contributed by atoms with van der Waals surface area (Å²) >= 11 is 0. The fraction of sp³-hybridized carbons (Fsp3) is 0.417. The van der Waals surface area contributed by atoms with Gasteiger partial charge in [-0.25, -0.2) is 0 Å². The maximum atomic E-state index is 10.8. The maximum Gasteiger partial charge on any atom is 0.325 e. The van der Waals surface area contributed by atoms with E-state index in [0.717, 1.165) is 17.7 Å². The quantitative estimate of drug-likeness (QED) is 0.797. The molecule has 3 N–H and O–H groups in total. The third-order valence-corrected chi connectivity index (χ3v) is 2.41. The Labute approximate surface area is 95.0 Å². The van der Waals surface area contributed by atoms with Crippen molar-refractivity contribution < 1.29 is 14.6 Å². The Morgan fingerprint density at radius 3 is 2.69 bits per heavy atom. The first-order valence-corrected chi connectivity index (χ1v) is 5.34. The molecule has 0 unspecified atom stereocenters. The van der Waals surface area contributed by atoms with Gasteiger partial charge in [-0.15, -0.1) is 0 Å². The number of benzene rings is 1. The summed E-state index contributed by atoms with van der Waals surface area (Å²) in [5.74, 6) is -0.264. The van der Waals surface area contributed by atoms with Gasteiger partial charge in [0, 0.05) is 0 Å². The van der Waals surface area contributed by atoms with Gasteiger partial charge in [-0.3, -0.25) is 4.79 Å². The topological polar surface area (TPSA) is 72.5 Å². The Morgan fingerprint density at radius 1 is 1.50 bits per heavy atom. The third kappa shape index (κ3) is 2.73. The highest BCUT2D eigenvalue weighted by molar-refractivity contribution is 5.75. The number of carboxylic acids is 1. The predicted octanol–water partition coefficient (Wildman–Crippen LogP) is 1.73. The first kappa shape index (κ1) is 12.5. The summed E-state index contributed by atoms with van der Waals surface area (Å²) < 4.78 is 5.36. The lowest BCUT2D eigenvalue weighted by Crippen LogP contribution is -2.22. The van der Waals surface area contributed by atoms with Crippen LogP contribution in [0.25, 0.3) is 0 Å². The van der Waals surface area contributed by atoms with E-state index in [9.17, 15) is 4.79 Å². The molecular formula is C12H17NO3. The number of nitrogens with two attached hydrogens (primary N) is 1. The van der Waals surface area contributed by atoms with Crippen molar-refractivity contribution in [3.63, 3.8) is 0 Å². The van der Waals surface area contributed by atoms with E-state index in [4.69, 9.17) is 15.6 Å². The number of hydrogen-bond donors (Lipinski definition) is 2. The summed E-state index contributed by atoms with van der Waals surface area (Å²) in [7, 11) is 0. The molecule has 1 rings (SSSR count). The molecule has 0 aliphatic heterocycles. The van der Waals surface area contributed by atoms with E-state index in [-0.39, 0.29) is 0 Å². The molecule has 0 amide bonds. The molecule has 1 aromatic carbocycles. The lowest BCUT2D eigenvalue weighted by atomic mass is 9.99. The summed E-state index contributed by atoms with van der Waals surface area (Å²) in [6.45, 7) is 4.46. The van der Waals surface area contributed by atoms with Crippen molar-refractivity contribution in [1.29, 1.82) is 0 Å². The van der Waals surface area contributed by atoms with E-state index in [0.29, 0.717) is 12.2 Å².